The third-order valence-electron chi connectivity index (χ3n) is 3.86. The zero-order valence-electron chi connectivity index (χ0n) is 12.4. The SMILES string of the molecule is C[C@H](O)/C=C/[C@@H]1[C@@H](C/C=C\CCCC(=O)O)[C@@H](O)C[C@H]1O. The number of aliphatic carboxylic acids is 1. The number of unbranched alkanes of at least 4 members (excludes halogenated alkanes) is 1. The third-order valence-corrected chi connectivity index (χ3v) is 3.86. The molecular weight excluding hydrogens is 272 g/mol. The molecule has 0 amide bonds. The number of hydrogen-bond acceptors (Lipinski definition) is 4. The van der Waals surface area contributed by atoms with Crippen molar-refractivity contribution in [3.8, 4) is 0 Å². The van der Waals surface area contributed by atoms with Crippen LogP contribution >= 0.6 is 0 Å². The van der Waals surface area contributed by atoms with Crippen molar-refractivity contribution in [1.29, 1.82) is 0 Å². The lowest BCUT2D eigenvalue weighted by Gasteiger charge is -2.19. The lowest BCUT2D eigenvalue weighted by Crippen LogP contribution is -2.20. The van der Waals surface area contributed by atoms with Crippen LogP contribution in [-0.2, 0) is 4.79 Å². The van der Waals surface area contributed by atoms with Crippen LogP contribution < -0.4 is 0 Å². The summed E-state index contributed by atoms with van der Waals surface area (Å²) < 4.78 is 0. The summed E-state index contributed by atoms with van der Waals surface area (Å²) in [6.45, 7) is 1.64. The highest BCUT2D eigenvalue weighted by atomic mass is 16.4. The molecule has 1 fully saturated rings. The monoisotopic (exact) mass is 298 g/mol. The Morgan fingerprint density at radius 3 is 2.62 bits per heavy atom. The number of aliphatic hydroxyl groups is 3. The third kappa shape index (κ3) is 6.42. The van der Waals surface area contributed by atoms with Gasteiger partial charge in [0.25, 0.3) is 0 Å². The first-order valence-corrected chi connectivity index (χ1v) is 7.51. The number of carboxylic acids is 1. The van der Waals surface area contributed by atoms with Gasteiger partial charge >= 0.3 is 5.97 Å². The Kier molecular flexibility index (Phi) is 7.64. The molecule has 21 heavy (non-hydrogen) atoms. The molecule has 5 nitrogen and oxygen atoms in total. The van der Waals surface area contributed by atoms with E-state index in [4.69, 9.17) is 5.11 Å². The summed E-state index contributed by atoms with van der Waals surface area (Å²) in [6, 6.07) is 0. The summed E-state index contributed by atoms with van der Waals surface area (Å²) in [5.41, 5.74) is 0. The Hall–Kier alpha value is -1.17. The highest BCUT2D eigenvalue weighted by Gasteiger charge is 2.39. The molecule has 5 atom stereocenters. The largest absolute Gasteiger partial charge is 0.481 e. The van der Waals surface area contributed by atoms with Gasteiger partial charge in [-0.25, -0.2) is 0 Å². The molecule has 0 spiro atoms. The van der Waals surface area contributed by atoms with Gasteiger partial charge in [0.05, 0.1) is 18.3 Å². The Balaban J connectivity index is 2.46. The second-order valence-corrected chi connectivity index (χ2v) is 5.73. The van der Waals surface area contributed by atoms with Crippen molar-refractivity contribution in [2.24, 2.45) is 11.8 Å². The van der Waals surface area contributed by atoms with Gasteiger partial charge in [0.1, 0.15) is 0 Å². The minimum absolute atomic E-state index is 0.0641. The van der Waals surface area contributed by atoms with E-state index in [-0.39, 0.29) is 18.3 Å². The summed E-state index contributed by atoms with van der Waals surface area (Å²) in [7, 11) is 0. The van der Waals surface area contributed by atoms with Gasteiger partial charge < -0.3 is 20.4 Å². The van der Waals surface area contributed by atoms with Gasteiger partial charge in [0.15, 0.2) is 0 Å². The maximum atomic E-state index is 10.4. The second kappa shape index (κ2) is 8.97. The maximum absolute atomic E-state index is 10.4. The van der Waals surface area contributed by atoms with Crippen LogP contribution in [0.1, 0.15) is 39.0 Å². The average molecular weight is 298 g/mol. The van der Waals surface area contributed by atoms with Crippen molar-refractivity contribution in [1.82, 2.24) is 0 Å². The number of hydrogen-bond donors (Lipinski definition) is 4. The molecule has 0 aromatic heterocycles. The van der Waals surface area contributed by atoms with Crippen LogP contribution in [0, 0.1) is 11.8 Å². The quantitative estimate of drug-likeness (QED) is 0.402. The molecule has 0 aromatic carbocycles. The van der Waals surface area contributed by atoms with Gasteiger partial charge in [-0.05, 0) is 32.1 Å². The van der Waals surface area contributed by atoms with Crippen molar-refractivity contribution in [3.05, 3.63) is 24.3 Å². The van der Waals surface area contributed by atoms with Crippen LogP contribution in [0.15, 0.2) is 24.3 Å². The number of rotatable bonds is 8. The Labute approximate surface area is 125 Å². The smallest absolute Gasteiger partial charge is 0.303 e. The zero-order valence-corrected chi connectivity index (χ0v) is 12.4. The number of carbonyl (C=O) groups is 1. The van der Waals surface area contributed by atoms with E-state index in [0.29, 0.717) is 25.7 Å². The number of allylic oxidation sites excluding steroid dienone is 2. The molecule has 0 radical (unpaired) electrons. The van der Waals surface area contributed by atoms with Crippen LogP contribution in [-0.4, -0.2) is 44.7 Å². The van der Waals surface area contributed by atoms with E-state index >= 15 is 0 Å². The summed E-state index contributed by atoms with van der Waals surface area (Å²) in [6.07, 6.45) is 8.05. The molecule has 0 bridgehead atoms. The highest BCUT2D eigenvalue weighted by Crippen LogP contribution is 2.36. The normalized spacial score (nSPS) is 31.2. The number of carboxylic acid groups (broad SMARTS) is 1. The Bertz CT molecular complexity index is 375. The van der Waals surface area contributed by atoms with E-state index in [1.807, 2.05) is 12.2 Å². The minimum atomic E-state index is -0.791. The molecule has 0 aromatic rings. The van der Waals surface area contributed by atoms with Crippen LogP contribution in [0.25, 0.3) is 0 Å². The summed E-state index contributed by atoms with van der Waals surface area (Å²) in [5, 5.41) is 37.8. The first-order chi connectivity index (χ1) is 9.91. The molecule has 0 unspecified atom stereocenters. The van der Waals surface area contributed by atoms with E-state index in [1.165, 1.54) is 0 Å². The molecule has 0 saturated heterocycles. The molecule has 5 heteroatoms. The first-order valence-electron chi connectivity index (χ1n) is 7.51. The number of aliphatic hydroxyl groups excluding tert-OH is 3. The summed E-state index contributed by atoms with van der Waals surface area (Å²) in [5.74, 6) is -1.01. The van der Waals surface area contributed by atoms with Gasteiger partial charge in [-0.15, -0.1) is 0 Å². The molecule has 1 rings (SSSR count). The van der Waals surface area contributed by atoms with Crippen molar-refractivity contribution < 1.29 is 25.2 Å². The summed E-state index contributed by atoms with van der Waals surface area (Å²) in [4.78, 5) is 10.4. The van der Waals surface area contributed by atoms with E-state index in [0.717, 1.165) is 0 Å². The van der Waals surface area contributed by atoms with Crippen LogP contribution in [0.5, 0.6) is 0 Å². The topological polar surface area (TPSA) is 98.0 Å². The predicted octanol–water partition coefficient (Wildman–Crippen LogP) is 1.48. The molecule has 1 aliphatic carbocycles. The van der Waals surface area contributed by atoms with Crippen LogP contribution in [0.2, 0.25) is 0 Å². The van der Waals surface area contributed by atoms with Crippen molar-refractivity contribution >= 4 is 5.97 Å². The predicted molar refractivity (Wildman–Crippen MR) is 79.7 cm³/mol. The molecule has 0 heterocycles. The lowest BCUT2D eigenvalue weighted by molar-refractivity contribution is -0.137. The molecular formula is C16H26O5. The van der Waals surface area contributed by atoms with Gasteiger partial charge in [-0.2, -0.15) is 0 Å². The van der Waals surface area contributed by atoms with Gasteiger partial charge in [0, 0.05) is 18.8 Å². The van der Waals surface area contributed by atoms with Gasteiger partial charge in [-0.1, -0.05) is 24.3 Å². The molecule has 0 aliphatic heterocycles. The first kappa shape index (κ1) is 17.9. The van der Waals surface area contributed by atoms with E-state index in [2.05, 4.69) is 0 Å². The van der Waals surface area contributed by atoms with Crippen LogP contribution in [0.3, 0.4) is 0 Å². The molecule has 1 saturated carbocycles. The Morgan fingerprint density at radius 1 is 1.29 bits per heavy atom. The summed E-state index contributed by atoms with van der Waals surface area (Å²) >= 11 is 0. The van der Waals surface area contributed by atoms with Crippen LogP contribution in [0.4, 0.5) is 0 Å². The molecule has 4 N–H and O–H groups in total. The van der Waals surface area contributed by atoms with E-state index in [9.17, 15) is 20.1 Å². The second-order valence-electron chi connectivity index (χ2n) is 5.73. The van der Waals surface area contributed by atoms with Crippen molar-refractivity contribution in [2.75, 3.05) is 0 Å². The average Bonchev–Trinajstić information content (AvgIpc) is 2.65. The molecule has 120 valence electrons. The zero-order chi connectivity index (χ0) is 15.8. The van der Waals surface area contributed by atoms with E-state index in [1.54, 1.807) is 19.1 Å². The maximum Gasteiger partial charge on any atom is 0.303 e. The fourth-order valence-electron chi connectivity index (χ4n) is 2.74. The lowest BCUT2D eigenvalue weighted by atomic mass is 9.89. The minimum Gasteiger partial charge on any atom is -0.481 e. The van der Waals surface area contributed by atoms with Crippen molar-refractivity contribution in [3.63, 3.8) is 0 Å². The standard InChI is InChI=1S/C16H26O5/c1-11(17)8-9-13-12(14(18)10-15(13)19)6-4-2-3-5-7-16(20)21/h2,4,8-9,11-15,17-19H,3,5-7,10H2,1H3,(H,20,21)/b4-2-,9-8+/t11-,12+,13+,14-,15+/m0/s1. The van der Waals surface area contributed by atoms with Gasteiger partial charge in [-0.3, -0.25) is 4.79 Å². The fourth-order valence-corrected chi connectivity index (χ4v) is 2.74. The Morgan fingerprint density at radius 2 is 2.00 bits per heavy atom. The molecule has 1 aliphatic rings. The van der Waals surface area contributed by atoms with Crippen molar-refractivity contribution in [2.45, 2.75) is 57.3 Å². The highest BCUT2D eigenvalue weighted by molar-refractivity contribution is 5.66. The van der Waals surface area contributed by atoms with E-state index < -0.39 is 24.3 Å². The van der Waals surface area contributed by atoms with Gasteiger partial charge in [0.2, 0.25) is 0 Å². The fraction of sp³-hybridized carbons (Fsp3) is 0.688.